The van der Waals surface area contributed by atoms with E-state index in [1.165, 1.54) is 148 Å². The molecule has 0 amide bonds. The third kappa shape index (κ3) is 61.1. The summed E-state index contributed by atoms with van der Waals surface area (Å²) in [7, 11) is 0. The van der Waals surface area contributed by atoms with Gasteiger partial charge in [-0.15, -0.1) is 0 Å². The average molecular weight is 1040 g/mol. The van der Waals surface area contributed by atoms with Gasteiger partial charge in [-0.25, -0.2) is 0 Å². The number of esters is 3. The van der Waals surface area contributed by atoms with E-state index in [0.29, 0.717) is 19.3 Å². The van der Waals surface area contributed by atoms with E-state index in [9.17, 15) is 14.4 Å². The molecule has 0 heterocycles. The molecule has 0 aliphatic carbocycles. The summed E-state index contributed by atoms with van der Waals surface area (Å²) in [5, 5.41) is 0. The Labute approximate surface area is 464 Å². The highest BCUT2D eigenvalue weighted by Crippen LogP contribution is 2.16. The van der Waals surface area contributed by atoms with E-state index in [2.05, 4.69) is 118 Å². The second kappa shape index (κ2) is 62.9. The fourth-order valence-electron chi connectivity index (χ4n) is 8.83. The van der Waals surface area contributed by atoms with Gasteiger partial charge in [0.05, 0.1) is 0 Å². The Morgan fingerprint density at radius 3 is 0.813 bits per heavy atom. The standard InChI is InChI=1S/C69H118O6/c1-4-7-10-13-15-17-19-21-23-25-27-29-31-32-33-34-35-36-38-39-41-43-45-47-49-51-53-56-59-62-68(71)74-65-66(64-73-67(70)61-58-55-12-9-6-3)75-69(72)63-60-57-54-52-50-48-46-44-42-40-37-30-28-26-24-22-20-18-16-14-11-8-5-2/h7,10,15,17,20-23,26-29,32-33,37,40,66H,4-6,8-9,11-14,16,18-19,24-25,30-31,34-36,38-39,41-65H2,1-3H3/b10-7-,17-15-,22-20-,23-21-,28-26-,29-27-,33-32-,40-37-. The predicted molar refractivity (Wildman–Crippen MR) is 325 cm³/mol. The zero-order valence-corrected chi connectivity index (χ0v) is 49.3. The second-order valence-electron chi connectivity index (χ2n) is 20.9. The van der Waals surface area contributed by atoms with Crippen LogP contribution in [-0.2, 0) is 28.6 Å². The van der Waals surface area contributed by atoms with Crippen LogP contribution in [0.2, 0.25) is 0 Å². The summed E-state index contributed by atoms with van der Waals surface area (Å²) in [6, 6.07) is 0. The maximum Gasteiger partial charge on any atom is 0.306 e. The zero-order chi connectivity index (χ0) is 54.3. The first-order valence-corrected chi connectivity index (χ1v) is 31.7. The maximum absolute atomic E-state index is 12.8. The lowest BCUT2D eigenvalue weighted by atomic mass is 10.0. The van der Waals surface area contributed by atoms with Crippen LogP contribution in [0.3, 0.4) is 0 Å². The van der Waals surface area contributed by atoms with E-state index >= 15 is 0 Å². The Hall–Kier alpha value is -3.67. The van der Waals surface area contributed by atoms with Gasteiger partial charge < -0.3 is 14.2 Å². The average Bonchev–Trinajstić information content (AvgIpc) is 3.41. The van der Waals surface area contributed by atoms with E-state index in [4.69, 9.17) is 14.2 Å². The van der Waals surface area contributed by atoms with Crippen LogP contribution in [0.5, 0.6) is 0 Å². The zero-order valence-electron chi connectivity index (χ0n) is 49.3. The third-order valence-electron chi connectivity index (χ3n) is 13.6. The highest BCUT2D eigenvalue weighted by Gasteiger charge is 2.19. The molecule has 0 bridgehead atoms. The Morgan fingerprint density at radius 2 is 0.520 bits per heavy atom. The largest absolute Gasteiger partial charge is 0.462 e. The SMILES string of the molecule is CC/C=C\C/C=C\C/C=C\C/C=C\C/C=C\CCCCCCCCCCCCCCCC(=O)OCC(COC(=O)CCCCCCC)OC(=O)CCCCCCCCCC/C=C\C/C=C\C/C=C\CCCCCCC. The van der Waals surface area contributed by atoms with E-state index in [0.717, 1.165) is 116 Å². The van der Waals surface area contributed by atoms with Crippen LogP contribution in [-0.4, -0.2) is 37.2 Å². The van der Waals surface area contributed by atoms with Crippen molar-refractivity contribution in [2.45, 2.75) is 309 Å². The number of hydrogen-bond acceptors (Lipinski definition) is 6. The van der Waals surface area contributed by atoms with E-state index in [1.54, 1.807) is 0 Å². The van der Waals surface area contributed by atoms with Crippen molar-refractivity contribution in [1.82, 2.24) is 0 Å². The van der Waals surface area contributed by atoms with Crippen molar-refractivity contribution >= 4 is 17.9 Å². The summed E-state index contributed by atoms with van der Waals surface area (Å²) in [5.74, 6) is -0.895. The summed E-state index contributed by atoms with van der Waals surface area (Å²) < 4.78 is 16.8. The van der Waals surface area contributed by atoms with Crippen LogP contribution in [0.1, 0.15) is 303 Å². The summed E-state index contributed by atoms with van der Waals surface area (Å²) in [6.07, 6.45) is 84.6. The molecular formula is C69H118O6. The molecule has 0 spiro atoms. The van der Waals surface area contributed by atoms with Gasteiger partial charge in [-0.05, 0) is 103 Å². The first kappa shape index (κ1) is 71.3. The van der Waals surface area contributed by atoms with Gasteiger partial charge in [0, 0.05) is 19.3 Å². The summed E-state index contributed by atoms with van der Waals surface area (Å²) in [5.41, 5.74) is 0. The van der Waals surface area contributed by atoms with Crippen molar-refractivity contribution < 1.29 is 28.6 Å². The fraction of sp³-hybridized carbons (Fsp3) is 0.725. The molecule has 0 N–H and O–H groups in total. The molecule has 1 atom stereocenters. The highest BCUT2D eigenvalue weighted by atomic mass is 16.6. The number of rotatable bonds is 57. The summed E-state index contributed by atoms with van der Waals surface area (Å²) >= 11 is 0. The van der Waals surface area contributed by atoms with Gasteiger partial charge >= 0.3 is 17.9 Å². The number of unbranched alkanes of at least 4 members (excludes halogenated alkanes) is 30. The molecule has 0 aromatic heterocycles. The molecule has 0 saturated heterocycles. The predicted octanol–water partition coefficient (Wildman–Crippen LogP) is 21.7. The van der Waals surface area contributed by atoms with Crippen molar-refractivity contribution in [3.8, 4) is 0 Å². The highest BCUT2D eigenvalue weighted by molar-refractivity contribution is 5.71. The number of carbonyl (C=O) groups is 3. The van der Waals surface area contributed by atoms with Gasteiger partial charge in [0.15, 0.2) is 6.10 Å². The molecule has 75 heavy (non-hydrogen) atoms. The first-order chi connectivity index (χ1) is 37.0. The minimum absolute atomic E-state index is 0.0798. The lowest BCUT2D eigenvalue weighted by Gasteiger charge is -2.18. The normalized spacial score (nSPS) is 12.7. The minimum atomic E-state index is -0.779. The van der Waals surface area contributed by atoms with E-state index < -0.39 is 6.10 Å². The molecule has 0 radical (unpaired) electrons. The maximum atomic E-state index is 12.8. The molecule has 0 fully saturated rings. The van der Waals surface area contributed by atoms with E-state index in [1.807, 2.05) is 0 Å². The van der Waals surface area contributed by atoms with Crippen molar-refractivity contribution in [3.63, 3.8) is 0 Å². The quantitative estimate of drug-likeness (QED) is 0.0261. The topological polar surface area (TPSA) is 78.9 Å². The molecule has 0 aromatic carbocycles. The Morgan fingerprint density at radius 1 is 0.280 bits per heavy atom. The molecule has 1 unspecified atom stereocenters. The third-order valence-corrected chi connectivity index (χ3v) is 13.6. The van der Waals surface area contributed by atoms with Crippen molar-refractivity contribution in [2.24, 2.45) is 0 Å². The molecule has 0 aliphatic rings. The first-order valence-electron chi connectivity index (χ1n) is 31.7. The lowest BCUT2D eigenvalue weighted by molar-refractivity contribution is -0.167. The van der Waals surface area contributed by atoms with Gasteiger partial charge in [0.2, 0.25) is 0 Å². The molecule has 0 saturated carbocycles. The number of ether oxygens (including phenoxy) is 3. The lowest BCUT2D eigenvalue weighted by Crippen LogP contribution is -2.30. The van der Waals surface area contributed by atoms with Gasteiger partial charge in [-0.3, -0.25) is 14.4 Å². The van der Waals surface area contributed by atoms with Crippen LogP contribution in [0.15, 0.2) is 97.2 Å². The molecule has 0 aromatic rings. The van der Waals surface area contributed by atoms with E-state index in [-0.39, 0.29) is 31.1 Å². The van der Waals surface area contributed by atoms with Gasteiger partial charge in [0.1, 0.15) is 13.2 Å². The number of carbonyl (C=O) groups excluding carboxylic acids is 3. The summed E-state index contributed by atoms with van der Waals surface area (Å²) in [6.45, 7) is 6.44. The molecule has 6 heteroatoms. The van der Waals surface area contributed by atoms with Gasteiger partial charge in [-0.1, -0.05) is 279 Å². The Kier molecular flexibility index (Phi) is 59.8. The molecule has 430 valence electrons. The van der Waals surface area contributed by atoms with Crippen molar-refractivity contribution in [1.29, 1.82) is 0 Å². The summed E-state index contributed by atoms with van der Waals surface area (Å²) in [4.78, 5) is 37.9. The Bertz CT molecular complexity index is 1480. The van der Waals surface area contributed by atoms with Crippen LogP contribution < -0.4 is 0 Å². The van der Waals surface area contributed by atoms with Crippen molar-refractivity contribution in [2.75, 3.05) is 13.2 Å². The van der Waals surface area contributed by atoms with Gasteiger partial charge in [-0.2, -0.15) is 0 Å². The smallest absolute Gasteiger partial charge is 0.306 e. The van der Waals surface area contributed by atoms with Crippen LogP contribution >= 0.6 is 0 Å². The monoisotopic (exact) mass is 1040 g/mol. The number of hydrogen-bond donors (Lipinski definition) is 0. The molecular weight excluding hydrogens is 925 g/mol. The second-order valence-corrected chi connectivity index (χ2v) is 20.9. The van der Waals surface area contributed by atoms with Crippen molar-refractivity contribution in [3.05, 3.63) is 97.2 Å². The fourth-order valence-corrected chi connectivity index (χ4v) is 8.83. The van der Waals surface area contributed by atoms with Gasteiger partial charge in [0.25, 0.3) is 0 Å². The molecule has 6 nitrogen and oxygen atoms in total. The molecule has 0 aliphatic heterocycles. The van der Waals surface area contributed by atoms with Crippen LogP contribution in [0.4, 0.5) is 0 Å². The minimum Gasteiger partial charge on any atom is -0.462 e. The van der Waals surface area contributed by atoms with Crippen LogP contribution in [0.25, 0.3) is 0 Å². The Balaban J connectivity index is 4.05. The number of allylic oxidation sites excluding steroid dienone is 16. The molecule has 0 rings (SSSR count). The van der Waals surface area contributed by atoms with Crippen LogP contribution in [0, 0.1) is 0 Å².